The molecular formula is C23H36IN5O2S. The Kier molecular flexibility index (Phi) is 12.3. The Bertz CT molecular complexity index is 809. The normalized spacial score (nSPS) is 15.7. The van der Waals surface area contributed by atoms with E-state index in [2.05, 4.69) is 45.0 Å². The second-order valence-corrected chi connectivity index (χ2v) is 8.51. The molecule has 1 aliphatic heterocycles. The summed E-state index contributed by atoms with van der Waals surface area (Å²) in [7, 11) is 1.70. The fourth-order valence-electron chi connectivity index (χ4n) is 3.63. The van der Waals surface area contributed by atoms with Crippen LogP contribution in [0.25, 0.3) is 0 Å². The van der Waals surface area contributed by atoms with E-state index in [1.807, 2.05) is 19.1 Å². The molecule has 0 aliphatic carbocycles. The van der Waals surface area contributed by atoms with Gasteiger partial charge in [0, 0.05) is 43.7 Å². The lowest BCUT2D eigenvalue weighted by atomic mass is 10.0. The maximum Gasteiger partial charge on any atom is 0.191 e. The van der Waals surface area contributed by atoms with Crippen LogP contribution in [0.4, 0.5) is 0 Å². The van der Waals surface area contributed by atoms with Crippen molar-refractivity contribution < 1.29 is 9.47 Å². The van der Waals surface area contributed by atoms with Gasteiger partial charge in [0.05, 0.1) is 37.9 Å². The van der Waals surface area contributed by atoms with Gasteiger partial charge in [0.15, 0.2) is 5.96 Å². The number of guanidine groups is 1. The van der Waals surface area contributed by atoms with Crippen LogP contribution in [-0.2, 0) is 11.2 Å². The molecule has 32 heavy (non-hydrogen) atoms. The van der Waals surface area contributed by atoms with E-state index in [0.717, 1.165) is 69.6 Å². The van der Waals surface area contributed by atoms with Crippen molar-refractivity contribution in [1.82, 2.24) is 20.5 Å². The lowest BCUT2D eigenvalue weighted by Gasteiger charge is -2.34. The molecule has 1 aromatic carbocycles. The monoisotopic (exact) mass is 573 g/mol. The van der Waals surface area contributed by atoms with Crippen LogP contribution in [0.15, 0.2) is 34.6 Å². The van der Waals surface area contributed by atoms with Gasteiger partial charge in [-0.05, 0) is 38.0 Å². The molecule has 0 bridgehead atoms. The van der Waals surface area contributed by atoms with Gasteiger partial charge in [-0.25, -0.2) is 4.98 Å². The first kappa shape index (κ1) is 26.8. The molecule has 3 rings (SSSR count). The summed E-state index contributed by atoms with van der Waals surface area (Å²) < 4.78 is 10.9. The van der Waals surface area contributed by atoms with E-state index >= 15 is 0 Å². The number of methoxy groups -OCH3 is 1. The maximum atomic E-state index is 5.56. The first-order valence-electron chi connectivity index (χ1n) is 11.1. The summed E-state index contributed by atoms with van der Waals surface area (Å²) >= 11 is 1.74. The smallest absolute Gasteiger partial charge is 0.191 e. The highest BCUT2D eigenvalue weighted by Gasteiger charge is 2.22. The average molecular weight is 574 g/mol. The molecule has 0 radical (unpaired) electrons. The molecule has 1 fully saturated rings. The number of aryl methyl sites for hydroxylation is 2. The van der Waals surface area contributed by atoms with Gasteiger partial charge in [0.25, 0.3) is 0 Å². The molecule has 1 aliphatic rings. The summed E-state index contributed by atoms with van der Waals surface area (Å²) in [6.45, 7) is 9.91. The molecular weight excluding hydrogens is 537 g/mol. The van der Waals surface area contributed by atoms with Crippen LogP contribution < -0.4 is 15.4 Å². The SMILES string of the molecule is CCNC(=NCC(c1ccc(OC)cc1)N1CCOCC1)NCCCc1nc(C)cs1.I. The zero-order valence-electron chi connectivity index (χ0n) is 19.3. The van der Waals surface area contributed by atoms with E-state index < -0.39 is 0 Å². The van der Waals surface area contributed by atoms with Gasteiger partial charge in [0.2, 0.25) is 0 Å². The lowest BCUT2D eigenvalue weighted by molar-refractivity contribution is 0.0179. The Balaban J connectivity index is 0.00000363. The lowest BCUT2D eigenvalue weighted by Crippen LogP contribution is -2.42. The largest absolute Gasteiger partial charge is 0.497 e. The minimum Gasteiger partial charge on any atom is -0.497 e. The molecule has 2 aromatic rings. The predicted octanol–water partition coefficient (Wildman–Crippen LogP) is 3.64. The number of halogens is 1. The van der Waals surface area contributed by atoms with Gasteiger partial charge in [-0.1, -0.05) is 12.1 Å². The molecule has 2 N–H and O–H groups in total. The van der Waals surface area contributed by atoms with Crippen LogP contribution in [0.3, 0.4) is 0 Å². The molecule has 7 nitrogen and oxygen atoms in total. The second kappa shape index (κ2) is 14.7. The first-order valence-corrected chi connectivity index (χ1v) is 12.0. The Hall–Kier alpha value is -1.43. The summed E-state index contributed by atoms with van der Waals surface area (Å²) in [4.78, 5) is 11.9. The number of rotatable bonds is 10. The van der Waals surface area contributed by atoms with Gasteiger partial charge in [0.1, 0.15) is 5.75 Å². The summed E-state index contributed by atoms with van der Waals surface area (Å²) in [5.41, 5.74) is 2.36. The van der Waals surface area contributed by atoms with E-state index in [1.165, 1.54) is 10.6 Å². The quantitative estimate of drug-likeness (QED) is 0.196. The summed E-state index contributed by atoms with van der Waals surface area (Å²) in [6, 6.07) is 8.55. The van der Waals surface area contributed by atoms with E-state index in [-0.39, 0.29) is 30.0 Å². The number of nitrogens with zero attached hydrogens (tertiary/aromatic N) is 3. The first-order chi connectivity index (χ1) is 15.2. The minimum absolute atomic E-state index is 0. The number of thiazole rings is 1. The van der Waals surface area contributed by atoms with Crippen LogP contribution in [0.1, 0.15) is 35.7 Å². The zero-order chi connectivity index (χ0) is 21.9. The van der Waals surface area contributed by atoms with Gasteiger partial charge in [-0.2, -0.15) is 0 Å². The molecule has 1 atom stereocenters. The number of hydrogen-bond acceptors (Lipinski definition) is 6. The number of aliphatic imine (C=N–C) groups is 1. The Labute approximate surface area is 213 Å². The van der Waals surface area contributed by atoms with Crippen molar-refractivity contribution in [3.63, 3.8) is 0 Å². The van der Waals surface area contributed by atoms with Crippen LogP contribution in [0.2, 0.25) is 0 Å². The van der Waals surface area contributed by atoms with E-state index in [1.54, 1.807) is 18.4 Å². The summed E-state index contributed by atoms with van der Waals surface area (Å²) in [5.74, 6) is 1.74. The van der Waals surface area contributed by atoms with E-state index in [9.17, 15) is 0 Å². The molecule has 1 aromatic heterocycles. The van der Waals surface area contributed by atoms with Crippen molar-refractivity contribution >= 4 is 41.3 Å². The summed E-state index contributed by atoms with van der Waals surface area (Å²) in [6.07, 6.45) is 2.02. The van der Waals surface area contributed by atoms with Crippen molar-refractivity contribution in [2.75, 3.05) is 53.0 Å². The molecule has 1 saturated heterocycles. The number of aromatic nitrogens is 1. The second-order valence-electron chi connectivity index (χ2n) is 7.57. The molecule has 0 saturated carbocycles. The zero-order valence-corrected chi connectivity index (χ0v) is 22.4. The van der Waals surface area contributed by atoms with Crippen molar-refractivity contribution in [1.29, 1.82) is 0 Å². The van der Waals surface area contributed by atoms with Gasteiger partial charge < -0.3 is 20.1 Å². The van der Waals surface area contributed by atoms with Crippen LogP contribution in [-0.4, -0.2) is 68.9 Å². The Morgan fingerprint density at radius 1 is 1.25 bits per heavy atom. The number of benzene rings is 1. The molecule has 178 valence electrons. The fourth-order valence-corrected chi connectivity index (χ4v) is 4.45. The standard InChI is InChI=1S/C23H35N5O2S.HI/c1-4-24-23(25-11-5-6-22-27-18(2)17-31-22)26-16-21(28-12-14-30-15-13-28)19-7-9-20(29-3)10-8-19;/h7-10,17,21H,4-6,11-16H2,1-3H3,(H2,24,25,26);1H. The highest BCUT2D eigenvalue weighted by molar-refractivity contribution is 14.0. The van der Waals surface area contributed by atoms with E-state index in [4.69, 9.17) is 14.5 Å². The van der Waals surface area contributed by atoms with Crippen LogP contribution in [0.5, 0.6) is 5.75 Å². The van der Waals surface area contributed by atoms with Crippen LogP contribution >= 0.6 is 35.3 Å². The maximum absolute atomic E-state index is 5.56. The predicted molar refractivity (Wildman–Crippen MR) is 143 cm³/mol. The third-order valence-corrected chi connectivity index (χ3v) is 6.31. The average Bonchev–Trinajstić information content (AvgIpc) is 3.22. The minimum atomic E-state index is 0. The van der Waals surface area contributed by atoms with E-state index in [0.29, 0.717) is 6.54 Å². The molecule has 0 amide bonds. The molecule has 2 heterocycles. The molecule has 1 unspecified atom stereocenters. The van der Waals surface area contributed by atoms with Crippen molar-refractivity contribution in [2.24, 2.45) is 4.99 Å². The topological polar surface area (TPSA) is 71.0 Å². The number of morpholine rings is 1. The Morgan fingerprint density at radius 3 is 2.62 bits per heavy atom. The molecule has 9 heteroatoms. The number of ether oxygens (including phenoxy) is 2. The van der Waals surface area contributed by atoms with Gasteiger partial charge >= 0.3 is 0 Å². The third kappa shape index (κ3) is 8.49. The van der Waals surface area contributed by atoms with Gasteiger partial charge in [-0.15, -0.1) is 35.3 Å². The summed E-state index contributed by atoms with van der Waals surface area (Å²) in [5, 5.41) is 10.2. The van der Waals surface area contributed by atoms with Crippen molar-refractivity contribution in [3.8, 4) is 5.75 Å². The number of hydrogen-bond donors (Lipinski definition) is 2. The third-order valence-electron chi connectivity index (χ3n) is 5.28. The van der Waals surface area contributed by atoms with Crippen molar-refractivity contribution in [3.05, 3.63) is 45.9 Å². The highest BCUT2D eigenvalue weighted by atomic mass is 127. The van der Waals surface area contributed by atoms with Crippen molar-refractivity contribution in [2.45, 2.75) is 32.7 Å². The van der Waals surface area contributed by atoms with Crippen LogP contribution in [0, 0.1) is 6.92 Å². The Morgan fingerprint density at radius 2 is 2.00 bits per heavy atom. The fraction of sp³-hybridized carbons (Fsp3) is 0.565. The van der Waals surface area contributed by atoms with Gasteiger partial charge in [-0.3, -0.25) is 9.89 Å². The molecule has 0 spiro atoms. The highest BCUT2D eigenvalue weighted by Crippen LogP contribution is 2.24. The number of nitrogens with one attached hydrogen (secondary N) is 2.